The molecule has 0 radical (unpaired) electrons. The molecule has 0 aliphatic heterocycles. The summed E-state index contributed by atoms with van der Waals surface area (Å²) in [5, 5.41) is 3.03. The number of anilines is 1. The molecule has 3 aromatic rings. The molecule has 8 nitrogen and oxygen atoms in total. The van der Waals surface area contributed by atoms with Crippen molar-refractivity contribution in [3.05, 3.63) is 51.4 Å². The summed E-state index contributed by atoms with van der Waals surface area (Å²) >= 11 is 1.09. The van der Waals surface area contributed by atoms with Crippen LogP contribution in [-0.2, 0) is 16.1 Å². The third kappa shape index (κ3) is 3.68. The minimum Gasteiger partial charge on any atom is -0.497 e. The molecule has 0 aliphatic carbocycles. The average Bonchev–Trinajstić information content (AvgIpc) is 3.01. The molecule has 27 heavy (non-hydrogen) atoms. The van der Waals surface area contributed by atoms with Crippen molar-refractivity contribution in [1.29, 1.82) is 0 Å². The highest BCUT2D eigenvalue weighted by Crippen LogP contribution is 2.27. The number of amides is 1. The summed E-state index contributed by atoms with van der Waals surface area (Å²) in [6, 6.07) is 6.84. The summed E-state index contributed by atoms with van der Waals surface area (Å²) in [7, 11) is 2.84. The van der Waals surface area contributed by atoms with Gasteiger partial charge in [-0.3, -0.25) is 14.2 Å². The van der Waals surface area contributed by atoms with Gasteiger partial charge in [-0.15, -0.1) is 11.3 Å². The number of carbonyl (C=O) groups is 2. The van der Waals surface area contributed by atoms with Crippen LogP contribution in [0.25, 0.3) is 10.2 Å². The van der Waals surface area contributed by atoms with E-state index in [1.807, 2.05) is 0 Å². The molecule has 0 saturated heterocycles. The second-order valence-corrected chi connectivity index (χ2v) is 6.68. The van der Waals surface area contributed by atoms with Crippen molar-refractivity contribution >= 4 is 39.1 Å². The number of nitrogens with one attached hydrogen (secondary N) is 1. The van der Waals surface area contributed by atoms with E-state index in [1.165, 1.54) is 18.0 Å². The molecular formula is C18H17N3O5S. The van der Waals surface area contributed by atoms with E-state index in [-0.39, 0.29) is 18.0 Å². The summed E-state index contributed by atoms with van der Waals surface area (Å²) < 4.78 is 11.0. The van der Waals surface area contributed by atoms with Gasteiger partial charge in [0.25, 0.3) is 5.56 Å². The van der Waals surface area contributed by atoms with Crippen molar-refractivity contribution in [3.63, 3.8) is 0 Å². The molecule has 0 fully saturated rings. The Labute approximate surface area is 158 Å². The van der Waals surface area contributed by atoms with Crippen molar-refractivity contribution in [2.75, 3.05) is 19.5 Å². The molecule has 2 heterocycles. The van der Waals surface area contributed by atoms with E-state index in [0.29, 0.717) is 32.1 Å². The van der Waals surface area contributed by atoms with Crippen LogP contribution in [0.2, 0.25) is 0 Å². The zero-order valence-corrected chi connectivity index (χ0v) is 15.8. The number of hydrogen-bond donors (Lipinski definition) is 1. The number of methoxy groups -OCH3 is 2. The lowest BCUT2D eigenvalue weighted by atomic mass is 10.2. The third-order valence-corrected chi connectivity index (χ3v) is 5.16. The van der Waals surface area contributed by atoms with Gasteiger partial charge in [-0.2, -0.15) is 0 Å². The molecule has 0 aliphatic rings. The number of carbonyl (C=O) groups excluding carboxylic acids is 2. The predicted octanol–water partition coefficient (Wildman–Crippen LogP) is 2.20. The number of hydrogen-bond acceptors (Lipinski definition) is 7. The molecule has 140 valence electrons. The van der Waals surface area contributed by atoms with E-state index in [9.17, 15) is 14.4 Å². The van der Waals surface area contributed by atoms with E-state index in [1.54, 1.807) is 38.3 Å². The van der Waals surface area contributed by atoms with Gasteiger partial charge < -0.3 is 14.8 Å². The summed E-state index contributed by atoms with van der Waals surface area (Å²) in [5.41, 5.74) is 0.709. The maximum Gasteiger partial charge on any atom is 0.348 e. The minimum absolute atomic E-state index is 0.198. The Kier molecular flexibility index (Phi) is 5.22. The first-order chi connectivity index (χ1) is 12.9. The number of esters is 1. The van der Waals surface area contributed by atoms with Gasteiger partial charge in [0.2, 0.25) is 5.91 Å². The van der Waals surface area contributed by atoms with Gasteiger partial charge >= 0.3 is 5.97 Å². The fraction of sp³-hybridized carbons (Fsp3) is 0.222. The van der Waals surface area contributed by atoms with Crippen LogP contribution in [0.5, 0.6) is 5.75 Å². The lowest BCUT2D eigenvalue weighted by Crippen LogP contribution is -2.27. The molecule has 2 aromatic heterocycles. The number of fused-ring (bicyclic) bond motifs is 1. The molecule has 9 heteroatoms. The van der Waals surface area contributed by atoms with Crippen LogP contribution in [0.15, 0.2) is 35.4 Å². The van der Waals surface area contributed by atoms with Crippen molar-refractivity contribution < 1.29 is 19.1 Å². The van der Waals surface area contributed by atoms with Gasteiger partial charge in [-0.05, 0) is 36.8 Å². The first kappa shape index (κ1) is 18.6. The highest BCUT2D eigenvalue weighted by Gasteiger charge is 2.20. The van der Waals surface area contributed by atoms with Crippen molar-refractivity contribution in [2.24, 2.45) is 0 Å². The largest absolute Gasteiger partial charge is 0.497 e. The first-order valence-electron chi connectivity index (χ1n) is 7.95. The third-order valence-electron chi connectivity index (χ3n) is 3.98. The van der Waals surface area contributed by atoms with Crippen LogP contribution < -0.4 is 15.6 Å². The summed E-state index contributed by atoms with van der Waals surface area (Å²) in [6.45, 7) is 1.46. The number of rotatable bonds is 5. The first-order valence-corrected chi connectivity index (χ1v) is 8.77. The Morgan fingerprint density at radius 3 is 2.56 bits per heavy atom. The van der Waals surface area contributed by atoms with Crippen LogP contribution in [-0.4, -0.2) is 35.6 Å². The standard InChI is InChI=1S/C18H17N3O5S/c1-10-14-16(27-15(10)18(24)26-3)19-9-21(17(14)23)8-13(22)20-11-4-6-12(25-2)7-5-11/h4-7,9H,8H2,1-3H3,(H,20,22). The quantitative estimate of drug-likeness (QED) is 0.674. The molecule has 0 spiro atoms. The second kappa shape index (κ2) is 7.58. The van der Waals surface area contributed by atoms with Gasteiger partial charge in [-0.1, -0.05) is 0 Å². The molecular weight excluding hydrogens is 370 g/mol. The molecule has 0 saturated carbocycles. The topological polar surface area (TPSA) is 99.5 Å². The molecule has 3 rings (SSSR count). The number of aromatic nitrogens is 2. The second-order valence-electron chi connectivity index (χ2n) is 5.68. The van der Waals surface area contributed by atoms with E-state index in [2.05, 4.69) is 10.3 Å². The lowest BCUT2D eigenvalue weighted by Gasteiger charge is -2.08. The molecule has 0 atom stereocenters. The van der Waals surface area contributed by atoms with Crippen molar-refractivity contribution in [3.8, 4) is 5.75 Å². The summed E-state index contributed by atoms with van der Waals surface area (Å²) in [4.78, 5) is 41.8. The Morgan fingerprint density at radius 2 is 1.93 bits per heavy atom. The molecule has 1 aromatic carbocycles. The molecule has 1 amide bonds. The number of aryl methyl sites for hydroxylation is 1. The number of nitrogens with zero attached hydrogens (tertiary/aromatic N) is 2. The highest BCUT2D eigenvalue weighted by atomic mass is 32.1. The van der Waals surface area contributed by atoms with Crippen LogP contribution in [0.3, 0.4) is 0 Å². The van der Waals surface area contributed by atoms with E-state index in [0.717, 1.165) is 11.3 Å². The van der Waals surface area contributed by atoms with Crippen molar-refractivity contribution in [1.82, 2.24) is 9.55 Å². The Hall–Kier alpha value is -3.20. The fourth-order valence-corrected chi connectivity index (χ4v) is 3.65. The van der Waals surface area contributed by atoms with Gasteiger partial charge in [0.1, 0.15) is 22.0 Å². The Morgan fingerprint density at radius 1 is 1.22 bits per heavy atom. The predicted molar refractivity (Wildman–Crippen MR) is 102 cm³/mol. The SMILES string of the molecule is COC(=O)c1sc2ncn(CC(=O)Nc3ccc(OC)cc3)c(=O)c2c1C. The van der Waals surface area contributed by atoms with Gasteiger partial charge in [0.05, 0.1) is 25.9 Å². The van der Waals surface area contributed by atoms with Crippen LogP contribution >= 0.6 is 11.3 Å². The zero-order valence-electron chi connectivity index (χ0n) is 14.9. The van der Waals surface area contributed by atoms with E-state index in [4.69, 9.17) is 9.47 Å². The monoisotopic (exact) mass is 387 g/mol. The molecule has 0 bridgehead atoms. The maximum atomic E-state index is 12.7. The number of ether oxygens (including phenoxy) is 2. The Bertz CT molecular complexity index is 1070. The van der Waals surface area contributed by atoms with Crippen LogP contribution in [0.4, 0.5) is 5.69 Å². The summed E-state index contributed by atoms with van der Waals surface area (Å²) in [5.74, 6) is -0.212. The highest BCUT2D eigenvalue weighted by molar-refractivity contribution is 7.20. The Balaban J connectivity index is 1.85. The van der Waals surface area contributed by atoms with Crippen LogP contribution in [0, 0.1) is 6.92 Å². The maximum absolute atomic E-state index is 12.7. The number of thiophene rings is 1. The zero-order chi connectivity index (χ0) is 19.6. The van der Waals surface area contributed by atoms with Gasteiger partial charge in [-0.25, -0.2) is 9.78 Å². The summed E-state index contributed by atoms with van der Waals surface area (Å²) in [6.07, 6.45) is 1.30. The van der Waals surface area contributed by atoms with Crippen LogP contribution in [0.1, 0.15) is 15.2 Å². The molecule has 1 N–H and O–H groups in total. The van der Waals surface area contributed by atoms with E-state index >= 15 is 0 Å². The van der Waals surface area contributed by atoms with Crippen molar-refractivity contribution in [2.45, 2.75) is 13.5 Å². The normalized spacial score (nSPS) is 10.6. The molecule has 0 unspecified atom stereocenters. The fourth-order valence-electron chi connectivity index (χ4n) is 2.59. The smallest absolute Gasteiger partial charge is 0.348 e. The van der Waals surface area contributed by atoms with Gasteiger partial charge in [0.15, 0.2) is 0 Å². The number of benzene rings is 1. The minimum atomic E-state index is -0.515. The van der Waals surface area contributed by atoms with Gasteiger partial charge in [0, 0.05) is 5.69 Å². The lowest BCUT2D eigenvalue weighted by molar-refractivity contribution is -0.116. The van der Waals surface area contributed by atoms with E-state index < -0.39 is 5.97 Å². The average molecular weight is 387 g/mol.